The molecular weight excluding hydrogens is 425 g/mol. The smallest absolute Gasteiger partial charge is 0.147 e. The summed E-state index contributed by atoms with van der Waals surface area (Å²) in [6.45, 7) is 0. The molecule has 3 aromatic rings. The first kappa shape index (κ1) is 18.4. The van der Waals surface area contributed by atoms with Crippen molar-refractivity contribution in [1.82, 2.24) is 0 Å². The Kier molecular flexibility index (Phi) is 5.82. The first-order valence-electron chi connectivity index (χ1n) is 6.93. The number of anilines is 1. The third kappa shape index (κ3) is 4.25. The van der Waals surface area contributed by atoms with Crippen LogP contribution in [0.3, 0.4) is 0 Å². The van der Waals surface area contributed by atoms with Crippen molar-refractivity contribution >= 4 is 69.9 Å². The number of halogens is 5. The van der Waals surface area contributed by atoms with Crippen molar-refractivity contribution in [2.75, 3.05) is 5.43 Å². The van der Waals surface area contributed by atoms with Gasteiger partial charge in [0, 0.05) is 10.6 Å². The third-order valence-electron chi connectivity index (χ3n) is 3.22. The zero-order valence-corrected chi connectivity index (χ0v) is 16.1. The van der Waals surface area contributed by atoms with E-state index in [0.717, 1.165) is 0 Å². The van der Waals surface area contributed by atoms with Crippen LogP contribution in [0.4, 0.5) is 5.69 Å². The van der Waals surface area contributed by atoms with Gasteiger partial charge in [0.15, 0.2) is 0 Å². The van der Waals surface area contributed by atoms with Crippen molar-refractivity contribution in [1.29, 1.82) is 0 Å². The van der Waals surface area contributed by atoms with Crippen molar-refractivity contribution in [3.63, 3.8) is 0 Å². The molecule has 1 N–H and O–H groups in total. The van der Waals surface area contributed by atoms with E-state index < -0.39 is 0 Å². The number of benzene rings is 2. The molecule has 0 aliphatic rings. The predicted octanol–water partition coefficient (Wildman–Crippen LogP) is 7.66. The number of rotatable bonds is 4. The molecule has 0 aliphatic carbocycles. The lowest BCUT2D eigenvalue weighted by Gasteiger charge is -2.06. The molecule has 1 heterocycles. The Balaban J connectivity index is 1.78. The first-order chi connectivity index (χ1) is 12.0. The van der Waals surface area contributed by atoms with E-state index in [2.05, 4.69) is 10.5 Å². The molecular formula is C17H9Cl5N2O. The lowest BCUT2D eigenvalue weighted by atomic mass is 10.2. The zero-order chi connectivity index (χ0) is 18.0. The van der Waals surface area contributed by atoms with Crippen molar-refractivity contribution < 1.29 is 4.42 Å². The summed E-state index contributed by atoms with van der Waals surface area (Å²) in [6, 6.07) is 12.0. The molecule has 25 heavy (non-hydrogen) atoms. The van der Waals surface area contributed by atoms with E-state index in [4.69, 9.17) is 62.4 Å². The maximum Gasteiger partial charge on any atom is 0.147 e. The monoisotopic (exact) mass is 432 g/mol. The third-order valence-corrected chi connectivity index (χ3v) is 4.85. The van der Waals surface area contributed by atoms with Crippen LogP contribution in [-0.2, 0) is 0 Å². The van der Waals surface area contributed by atoms with Gasteiger partial charge in [-0.3, -0.25) is 5.43 Å². The van der Waals surface area contributed by atoms with Crippen LogP contribution < -0.4 is 5.43 Å². The quantitative estimate of drug-likeness (QED) is 0.338. The molecule has 1 aromatic heterocycles. The summed E-state index contributed by atoms with van der Waals surface area (Å²) in [4.78, 5) is 0. The van der Waals surface area contributed by atoms with Crippen molar-refractivity contribution in [3.05, 3.63) is 73.3 Å². The fourth-order valence-electron chi connectivity index (χ4n) is 2.07. The molecule has 2 aromatic carbocycles. The summed E-state index contributed by atoms with van der Waals surface area (Å²) in [5.41, 5.74) is 3.92. The minimum atomic E-state index is 0.362. The topological polar surface area (TPSA) is 37.5 Å². The van der Waals surface area contributed by atoms with Crippen LogP contribution >= 0.6 is 58.0 Å². The van der Waals surface area contributed by atoms with Crippen LogP contribution in [0.25, 0.3) is 11.3 Å². The second kappa shape index (κ2) is 7.90. The molecule has 0 bridgehead atoms. The SMILES string of the molecule is Clc1cc(Cl)c(N/N=C/c2ccc(-c3cccc(Cl)c3Cl)o2)c(Cl)c1. The van der Waals surface area contributed by atoms with Gasteiger partial charge in [0.2, 0.25) is 0 Å². The van der Waals surface area contributed by atoms with Gasteiger partial charge < -0.3 is 4.42 Å². The number of hydrazone groups is 1. The average Bonchev–Trinajstić information content (AvgIpc) is 3.01. The second-order valence-corrected chi connectivity index (χ2v) is 6.95. The van der Waals surface area contributed by atoms with E-state index in [9.17, 15) is 0 Å². The van der Waals surface area contributed by atoms with Gasteiger partial charge in [-0.15, -0.1) is 0 Å². The molecule has 0 fully saturated rings. The minimum Gasteiger partial charge on any atom is -0.455 e. The molecule has 0 spiro atoms. The molecule has 3 rings (SSSR count). The number of nitrogens with one attached hydrogen (secondary N) is 1. The highest BCUT2D eigenvalue weighted by Gasteiger charge is 2.10. The zero-order valence-electron chi connectivity index (χ0n) is 12.4. The summed E-state index contributed by atoms with van der Waals surface area (Å²) < 4.78 is 5.70. The van der Waals surface area contributed by atoms with E-state index in [1.807, 2.05) is 6.07 Å². The van der Waals surface area contributed by atoms with Gasteiger partial charge in [-0.25, -0.2) is 0 Å². The van der Waals surface area contributed by atoms with Crippen LogP contribution in [0.2, 0.25) is 25.1 Å². The van der Waals surface area contributed by atoms with E-state index in [1.54, 1.807) is 36.4 Å². The maximum absolute atomic E-state index is 6.19. The van der Waals surface area contributed by atoms with Gasteiger partial charge >= 0.3 is 0 Å². The van der Waals surface area contributed by atoms with E-state index >= 15 is 0 Å². The average molecular weight is 435 g/mol. The van der Waals surface area contributed by atoms with Gasteiger partial charge in [-0.1, -0.05) is 64.1 Å². The number of nitrogens with zero attached hydrogens (tertiary/aromatic N) is 1. The Hall–Kier alpha value is -1.36. The standard InChI is InChI=1S/C17H9Cl5N2O/c18-9-6-13(20)17(14(21)7-9)24-23-8-10-4-5-15(25-10)11-2-1-3-12(19)16(11)22/h1-8,24H/b23-8+. The van der Waals surface area contributed by atoms with E-state index in [1.165, 1.54) is 6.21 Å². The highest BCUT2D eigenvalue weighted by Crippen LogP contribution is 2.35. The Labute approximate surface area is 169 Å². The van der Waals surface area contributed by atoms with Gasteiger partial charge in [0.05, 0.1) is 32.0 Å². The molecule has 0 unspecified atom stereocenters. The van der Waals surface area contributed by atoms with E-state index in [-0.39, 0.29) is 0 Å². The molecule has 128 valence electrons. The van der Waals surface area contributed by atoms with Crippen LogP contribution in [0.15, 0.2) is 52.0 Å². The molecule has 0 amide bonds. The second-order valence-electron chi connectivity index (χ2n) is 4.92. The Bertz CT molecular complexity index is 929. The van der Waals surface area contributed by atoms with Crippen LogP contribution in [0.1, 0.15) is 5.76 Å². The van der Waals surface area contributed by atoms with Crippen molar-refractivity contribution in [3.8, 4) is 11.3 Å². The Morgan fingerprint density at radius 3 is 2.32 bits per heavy atom. The van der Waals surface area contributed by atoms with Crippen LogP contribution in [0, 0.1) is 0 Å². The van der Waals surface area contributed by atoms with Crippen LogP contribution in [-0.4, -0.2) is 6.21 Å². The molecule has 3 nitrogen and oxygen atoms in total. The van der Waals surface area contributed by atoms with Crippen molar-refractivity contribution in [2.45, 2.75) is 0 Å². The van der Waals surface area contributed by atoms with Gasteiger partial charge in [-0.05, 0) is 36.4 Å². The number of furan rings is 1. The lowest BCUT2D eigenvalue weighted by molar-refractivity contribution is 0.575. The Morgan fingerprint density at radius 2 is 1.60 bits per heavy atom. The molecule has 8 heteroatoms. The molecule has 0 saturated heterocycles. The highest BCUT2D eigenvalue weighted by atomic mass is 35.5. The largest absolute Gasteiger partial charge is 0.455 e. The van der Waals surface area contributed by atoms with E-state index in [0.29, 0.717) is 47.9 Å². The summed E-state index contributed by atoms with van der Waals surface area (Å²) in [5, 5.41) is 6.12. The minimum absolute atomic E-state index is 0.362. The van der Waals surface area contributed by atoms with Gasteiger partial charge in [0.25, 0.3) is 0 Å². The van der Waals surface area contributed by atoms with Gasteiger partial charge in [-0.2, -0.15) is 5.10 Å². The Morgan fingerprint density at radius 1 is 0.880 bits per heavy atom. The number of hydrogen-bond acceptors (Lipinski definition) is 3. The van der Waals surface area contributed by atoms with Crippen LogP contribution in [0.5, 0.6) is 0 Å². The fourth-order valence-corrected chi connectivity index (χ4v) is 3.37. The van der Waals surface area contributed by atoms with Crippen molar-refractivity contribution in [2.24, 2.45) is 5.10 Å². The predicted molar refractivity (Wildman–Crippen MR) is 107 cm³/mol. The maximum atomic E-state index is 6.19. The normalized spacial score (nSPS) is 11.2. The highest BCUT2D eigenvalue weighted by molar-refractivity contribution is 6.43. The summed E-state index contributed by atoms with van der Waals surface area (Å²) in [7, 11) is 0. The fraction of sp³-hybridized carbons (Fsp3) is 0. The van der Waals surface area contributed by atoms with Gasteiger partial charge in [0.1, 0.15) is 11.5 Å². The first-order valence-corrected chi connectivity index (χ1v) is 8.82. The number of hydrogen-bond donors (Lipinski definition) is 1. The summed E-state index contributed by atoms with van der Waals surface area (Å²) >= 11 is 30.2. The molecule has 0 atom stereocenters. The summed E-state index contributed by atoms with van der Waals surface area (Å²) in [5.74, 6) is 1.09. The molecule has 0 saturated carbocycles. The summed E-state index contributed by atoms with van der Waals surface area (Å²) in [6.07, 6.45) is 1.49. The lowest BCUT2D eigenvalue weighted by Crippen LogP contribution is -1.92. The molecule has 0 aliphatic heterocycles. The molecule has 0 radical (unpaired) electrons.